The summed E-state index contributed by atoms with van der Waals surface area (Å²) in [5.74, 6) is 0.879. The van der Waals surface area contributed by atoms with Gasteiger partial charge in [0.2, 0.25) is 5.91 Å². The summed E-state index contributed by atoms with van der Waals surface area (Å²) in [6.45, 7) is 8.98. The molecule has 1 amide bonds. The molecule has 0 spiro atoms. The highest BCUT2D eigenvalue weighted by molar-refractivity contribution is 5.79. The van der Waals surface area contributed by atoms with E-state index in [4.69, 9.17) is 4.42 Å². The summed E-state index contributed by atoms with van der Waals surface area (Å²) in [5.41, 5.74) is 1.77. The standard InChI is InChI=1S/C22H32N4O2/c1-16(2)14-23-21(27)17-6-5-11-26(15-17)18-9-12-25(13-10-18)22-24-19-7-3-4-8-20(19)28-22/h3-4,7-8,16-18H,5-6,9-15H2,1-2H3,(H,23,27)/t17-/m0/s1. The van der Waals surface area contributed by atoms with Crippen LogP contribution < -0.4 is 10.2 Å². The van der Waals surface area contributed by atoms with Gasteiger partial charge in [0.25, 0.3) is 6.01 Å². The summed E-state index contributed by atoms with van der Waals surface area (Å²) in [6.07, 6.45) is 4.32. The second-order valence-corrected chi connectivity index (χ2v) is 8.66. The van der Waals surface area contributed by atoms with Crippen molar-refractivity contribution < 1.29 is 9.21 Å². The first-order valence-electron chi connectivity index (χ1n) is 10.7. The molecule has 1 atom stereocenters. The number of nitrogens with one attached hydrogen (secondary N) is 1. The van der Waals surface area contributed by atoms with Crippen LogP contribution in [0.2, 0.25) is 0 Å². The number of carbonyl (C=O) groups is 1. The normalized spacial score (nSPS) is 22.1. The van der Waals surface area contributed by atoms with E-state index in [1.54, 1.807) is 0 Å². The lowest BCUT2D eigenvalue weighted by Gasteiger charge is -2.41. The Kier molecular flexibility index (Phi) is 5.85. The quantitative estimate of drug-likeness (QED) is 0.857. The third-order valence-corrected chi connectivity index (χ3v) is 6.04. The van der Waals surface area contributed by atoms with Gasteiger partial charge < -0.3 is 14.6 Å². The third kappa shape index (κ3) is 4.32. The SMILES string of the molecule is CC(C)CNC(=O)[C@H]1CCCN(C2CCN(c3nc4ccccc4o3)CC2)C1. The van der Waals surface area contributed by atoms with Crippen LogP contribution in [0.15, 0.2) is 28.7 Å². The molecule has 1 aromatic heterocycles. The van der Waals surface area contributed by atoms with E-state index in [1.807, 2.05) is 24.3 Å². The lowest BCUT2D eigenvalue weighted by Crippen LogP contribution is -2.51. The van der Waals surface area contributed by atoms with E-state index in [0.717, 1.165) is 75.5 Å². The smallest absolute Gasteiger partial charge is 0.298 e. The number of hydrogen-bond donors (Lipinski definition) is 1. The molecule has 0 aliphatic carbocycles. The van der Waals surface area contributed by atoms with E-state index in [1.165, 1.54) is 0 Å². The van der Waals surface area contributed by atoms with Gasteiger partial charge in [0.05, 0.1) is 5.92 Å². The second-order valence-electron chi connectivity index (χ2n) is 8.66. The maximum absolute atomic E-state index is 12.5. The fraction of sp³-hybridized carbons (Fsp3) is 0.636. The van der Waals surface area contributed by atoms with E-state index in [0.29, 0.717) is 12.0 Å². The molecule has 1 N–H and O–H groups in total. The Morgan fingerprint density at radius 1 is 1.21 bits per heavy atom. The number of nitrogens with zero attached hydrogens (tertiary/aromatic N) is 3. The Hall–Kier alpha value is -2.08. The molecule has 6 heteroatoms. The zero-order valence-electron chi connectivity index (χ0n) is 17.1. The Balaban J connectivity index is 1.31. The van der Waals surface area contributed by atoms with Crippen LogP contribution in [0.1, 0.15) is 39.5 Å². The fourth-order valence-electron chi connectivity index (χ4n) is 4.42. The number of piperidine rings is 2. The second kappa shape index (κ2) is 8.52. The van der Waals surface area contributed by atoms with Gasteiger partial charge in [0.15, 0.2) is 5.58 Å². The number of carbonyl (C=O) groups excluding carboxylic acids is 1. The highest BCUT2D eigenvalue weighted by atomic mass is 16.4. The average Bonchev–Trinajstić information content (AvgIpc) is 3.16. The van der Waals surface area contributed by atoms with Gasteiger partial charge in [-0.2, -0.15) is 4.98 Å². The first kappa shape index (κ1) is 19.2. The highest BCUT2D eigenvalue weighted by Gasteiger charge is 2.32. The van der Waals surface area contributed by atoms with E-state index in [-0.39, 0.29) is 11.8 Å². The number of anilines is 1. The summed E-state index contributed by atoms with van der Waals surface area (Å²) in [6, 6.07) is 9.23. The van der Waals surface area contributed by atoms with Crippen molar-refractivity contribution >= 4 is 23.0 Å². The highest BCUT2D eigenvalue weighted by Crippen LogP contribution is 2.28. The van der Waals surface area contributed by atoms with Crippen molar-refractivity contribution in [3.63, 3.8) is 0 Å². The molecule has 2 fully saturated rings. The Morgan fingerprint density at radius 2 is 2.00 bits per heavy atom. The summed E-state index contributed by atoms with van der Waals surface area (Å²) in [4.78, 5) is 21.9. The molecule has 0 radical (unpaired) electrons. The van der Waals surface area contributed by atoms with Crippen molar-refractivity contribution in [2.75, 3.05) is 37.6 Å². The molecule has 6 nitrogen and oxygen atoms in total. The van der Waals surface area contributed by atoms with E-state index in [2.05, 4.69) is 33.9 Å². The Labute approximate surface area is 167 Å². The van der Waals surface area contributed by atoms with Crippen LogP contribution in [0.5, 0.6) is 0 Å². The molecule has 2 aromatic rings. The van der Waals surface area contributed by atoms with Crippen molar-refractivity contribution in [1.29, 1.82) is 0 Å². The number of para-hydroxylation sites is 2. The van der Waals surface area contributed by atoms with Crippen LogP contribution in [0.25, 0.3) is 11.1 Å². The monoisotopic (exact) mass is 384 g/mol. The molecule has 4 rings (SSSR count). The predicted octanol–water partition coefficient (Wildman–Crippen LogP) is 3.28. The number of aromatic nitrogens is 1. The molecule has 2 aliphatic heterocycles. The van der Waals surface area contributed by atoms with Crippen LogP contribution in [-0.2, 0) is 4.79 Å². The first-order valence-corrected chi connectivity index (χ1v) is 10.7. The van der Waals surface area contributed by atoms with Gasteiger partial charge in [-0.15, -0.1) is 0 Å². The lowest BCUT2D eigenvalue weighted by atomic mass is 9.93. The summed E-state index contributed by atoms with van der Waals surface area (Å²) in [7, 11) is 0. The van der Waals surface area contributed by atoms with Gasteiger partial charge >= 0.3 is 0 Å². The minimum absolute atomic E-state index is 0.141. The van der Waals surface area contributed by atoms with E-state index >= 15 is 0 Å². The molecule has 2 aliphatic rings. The van der Waals surface area contributed by atoms with Gasteiger partial charge in [0.1, 0.15) is 5.52 Å². The average molecular weight is 385 g/mol. The molecule has 3 heterocycles. The fourth-order valence-corrected chi connectivity index (χ4v) is 4.42. The van der Waals surface area contributed by atoms with Crippen molar-refractivity contribution in [3.05, 3.63) is 24.3 Å². The van der Waals surface area contributed by atoms with Crippen molar-refractivity contribution in [3.8, 4) is 0 Å². The predicted molar refractivity (Wildman–Crippen MR) is 111 cm³/mol. The van der Waals surface area contributed by atoms with Crippen LogP contribution in [0, 0.1) is 11.8 Å². The van der Waals surface area contributed by atoms with Gasteiger partial charge in [-0.25, -0.2) is 0 Å². The maximum atomic E-state index is 12.5. The summed E-state index contributed by atoms with van der Waals surface area (Å²) >= 11 is 0. The van der Waals surface area contributed by atoms with E-state index in [9.17, 15) is 4.79 Å². The molecule has 152 valence electrons. The number of rotatable bonds is 5. The molecular weight excluding hydrogens is 352 g/mol. The molecule has 0 bridgehead atoms. The lowest BCUT2D eigenvalue weighted by molar-refractivity contribution is -0.127. The summed E-state index contributed by atoms with van der Waals surface area (Å²) < 4.78 is 5.93. The Bertz CT molecular complexity index is 762. The van der Waals surface area contributed by atoms with Gasteiger partial charge in [-0.05, 0) is 50.3 Å². The van der Waals surface area contributed by atoms with Crippen molar-refractivity contribution in [2.24, 2.45) is 11.8 Å². The number of likely N-dealkylation sites (tertiary alicyclic amines) is 1. The number of benzene rings is 1. The van der Waals surface area contributed by atoms with Gasteiger partial charge in [-0.3, -0.25) is 9.69 Å². The maximum Gasteiger partial charge on any atom is 0.298 e. The van der Waals surface area contributed by atoms with Gasteiger partial charge in [0, 0.05) is 32.2 Å². The summed E-state index contributed by atoms with van der Waals surface area (Å²) in [5, 5.41) is 3.12. The zero-order chi connectivity index (χ0) is 19.5. The number of hydrogen-bond acceptors (Lipinski definition) is 5. The van der Waals surface area contributed by atoms with Crippen LogP contribution in [-0.4, -0.2) is 54.6 Å². The van der Waals surface area contributed by atoms with Gasteiger partial charge in [-0.1, -0.05) is 26.0 Å². The molecule has 0 unspecified atom stereocenters. The van der Waals surface area contributed by atoms with Crippen LogP contribution in [0.4, 0.5) is 6.01 Å². The molecular formula is C22H32N4O2. The van der Waals surface area contributed by atoms with Crippen molar-refractivity contribution in [1.82, 2.24) is 15.2 Å². The zero-order valence-corrected chi connectivity index (χ0v) is 17.1. The number of oxazole rings is 1. The van der Waals surface area contributed by atoms with E-state index < -0.39 is 0 Å². The molecule has 2 saturated heterocycles. The first-order chi connectivity index (χ1) is 13.6. The van der Waals surface area contributed by atoms with Crippen LogP contribution >= 0.6 is 0 Å². The molecule has 1 aromatic carbocycles. The number of fused-ring (bicyclic) bond motifs is 1. The minimum Gasteiger partial charge on any atom is -0.423 e. The topological polar surface area (TPSA) is 61.6 Å². The number of amides is 1. The molecule has 0 saturated carbocycles. The van der Waals surface area contributed by atoms with Crippen LogP contribution in [0.3, 0.4) is 0 Å². The van der Waals surface area contributed by atoms with Crippen molar-refractivity contribution in [2.45, 2.75) is 45.6 Å². The molecule has 28 heavy (non-hydrogen) atoms. The minimum atomic E-state index is 0.141. The third-order valence-electron chi connectivity index (χ3n) is 6.04. The largest absolute Gasteiger partial charge is 0.423 e. The Morgan fingerprint density at radius 3 is 2.75 bits per heavy atom.